The number of methoxy groups -OCH3 is 1. The van der Waals surface area contributed by atoms with Gasteiger partial charge in [-0.1, -0.05) is 5.16 Å². The number of carboxylic acids is 1. The molecule has 1 saturated heterocycles. The molecule has 0 saturated carbocycles. The molecule has 2 heterocycles. The molecule has 150 valence electrons. The summed E-state index contributed by atoms with van der Waals surface area (Å²) < 4.78 is 10.4. The average Bonchev–Trinajstić information content (AvgIpc) is 3.20. The fourth-order valence-corrected chi connectivity index (χ4v) is 3.49. The van der Waals surface area contributed by atoms with Crippen LogP contribution in [0.1, 0.15) is 44.4 Å². The molecule has 0 bridgehead atoms. The van der Waals surface area contributed by atoms with Gasteiger partial charge in [-0.05, 0) is 49.9 Å². The number of carboxylic acid groups (broad SMARTS) is 1. The first-order valence-corrected chi connectivity index (χ1v) is 9.55. The van der Waals surface area contributed by atoms with Crippen LogP contribution in [0.5, 0.6) is 5.75 Å². The summed E-state index contributed by atoms with van der Waals surface area (Å²) in [5, 5.41) is 12.9. The first-order chi connectivity index (χ1) is 13.6. The second kappa shape index (κ2) is 9.34. The van der Waals surface area contributed by atoms with Crippen LogP contribution in [0.4, 0.5) is 0 Å². The predicted molar refractivity (Wildman–Crippen MR) is 101 cm³/mol. The van der Waals surface area contributed by atoms with Crippen molar-refractivity contribution in [3.8, 4) is 17.1 Å². The molecular weight excluding hydrogens is 362 g/mol. The van der Waals surface area contributed by atoms with E-state index < -0.39 is 5.97 Å². The molecule has 0 aliphatic carbocycles. The van der Waals surface area contributed by atoms with Gasteiger partial charge in [-0.15, -0.1) is 0 Å². The minimum atomic E-state index is -0.824. The van der Waals surface area contributed by atoms with Crippen LogP contribution in [0, 0.1) is 0 Å². The van der Waals surface area contributed by atoms with Crippen molar-refractivity contribution in [2.75, 3.05) is 13.7 Å². The number of benzene rings is 1. The van der Waals surface area contributed by atoms with Gasteiger partial charge in [0.25, 0.3) is 0 Å². The van der Waals surface area contributed by atoms with E-state index >= 15 is 0 Å². The van der Waals surface area contributed by atoms with Crippen LogP contribution in [0.2, 0.25) is 0 Å². The molecule has 1 fully saturated rings. The zero-order valence-electron chi connectivity index (χ0n) is 16.0. The van der Waals surface area contributed by atoms with E-state index in [1.807, 2.05) is 29.2 Å². The second-order valence-corrected chi connectivity index (χ2v) is 6.91. The van der Waals surface area contributed by atoms with Gasteiger partial charge >= 0.3 is 5.97 Å². The molecule has 2 aromatic rings. The number of ether oxygens (including phenoxy) is 1. The number of rotatable bonds is 8. The number of aryl methyl sites for hydroxylation is 1. The summed E-state index contributed by atoms with van der Waals surface area (Å²) in [5.74, 6) is 0.826. The van der Waals surface area contributed by atoms with Crippen molar-refractivity contribution >= 4 is 11.9 Å². The highest BCUT2D eigenvalue weighted by Crippen LogP contribution is 2.23. The molecule has 1 unspecified atom stereocenters. The van der Waals surface area contributed by atoms with E-state index in [-0.39, 0.29) is 24.8 Å². The fraction of sp³-hybridized carbons (Fsp3) is 0.500. The van der Waals surface area contributed by atoms with Crippen molar-refractivity contribution in [1.29, 1.82) is 0 Å². The predicted octanol–water partition coefficient (Wildman–Crippen LogP) is 2.92. The molecule has 1 N–H and O–H groups in total. The number of carbonyl (C=O) groups excluding carboxylic acids is 1. The van der Waals surface area contributed by atoms with Gasteiger partial charge in [0.1, 0.15) is 5.75 Å². The molecule has 8 heteroatoms. The van der Waals surface area contributed by atoms with Gasteiger partial charge in [-0.3, -0.25) is 9.59 Å². The minimum absolute atomic E-state index is 0.00916. The van der Waals surface area contributed by atoms with Crippen LogP contribution in [0.25, 0.3) is 11.4 Å². The third kappa shape index (κ3) is 5.09. The number of hydrogen-bond donors (Lipinski definition) is 1. The summed E-state index contributed by atoms with van der Waals surface area (Å²) in [5.41, 5.74) is 0.812. The van der Waals surface area contributed by atoms with Crippen molar-refractivity contribution < 1.29 is 24.0 Å². The highest BCUT2D eigenvalue weighted by molar-refractivity contribution is 5.77. The fourth-order valence-electron chi connectivity index (χ4n) is 3.49. The normalized spacial score (nSPS) is 16.8. The minimum Gasteiger partial charge on any atom is -0.497 e. The Labute approximate surface area is 163 Å². The lowest BCUT2D eigenvalue weighted by atomic mass is 9.97. The number of piperidine rings is 1. The molecule has 1 amide bonds. The molecule has 8 nitrogen and oxygen atoms in total. The van der Waals surface area contributed by atoms with Crippen LogP contribution < -0.4 is 4.74 Å². The van der Waals surface area contributed by atoms with E-state index in [2.05, 4.69) is 10.1 Å². The van der Waals surface area contributed by atoms with Crippen molar-refractivity contribution in [3.63, 3.8) is 0 Å². The Kier molecular flexibility index (Phi) is 6.62. The third-order valence-electron chi connectivity index (χ3n) is 5.01. The number of carbonyl (C=O) groups is 2. The van der Waals surface area contributed by atoms with E-state index in [0.29, 0.717) is 31.1 Å². The Balaban J connectivity index is 1.56. The van der Waals surface area contributed by atoms with E-state index in [1.165, 1.54) is 0 Å². The topological polar surface area (TPSA) is 106 Å². The maximum absolute atomic E-state index is 12.6. The van der Waals surface area contributed by atoms with Crippen LogP contribution in [-0.2, 0) is 16.0 Å². The summed E-state index contributed by atoms with van der Waals surface area (Å²) in [7, 11) is 1.60. The quantitative estimate of drug-likeness (QED) is 0.742. The Bertz CT molecular complexity index is 802. The van der Waals surface area contributed by atoms with Crippen molar-refractivity contribution in [2.24, 2.45) is 0 Å². The first-order valence-electron chi connectivity index (χ1n) is 9.55. The highest BCUT2D eigenvalue weighted by atomic mass is 16.5. The number of likely N-dealkylation sites (tertiary alicyclic amines) is 1. The summed E-state index contributed by atoms with van der Waals surface area (Å²) in [6.45, 7) is 0.685. The standard InChI is InChI=1S/C20H25N3O5/c1-27-16-8-5-14(6-9-16)20-21-17(28-22-20)10-11-18(24)23-13-3-2-4-15(23)7-12-19(25)26/h5-6,8-9,15H,2-4,7,10-13H2,1H3,(H,25,26). The van der Waals surface area contributed by atoms with Gasteiger partial charge in [0.2, 0.25) is 17.6 Å². The summed E-state index contributed by atoms with van der Waals surface area (Å²) in [4.78, 5) is 29.7. The van der Waals surface area contributed by atoms with E-state index in [0.717, 1.165) is 30.6 Å². The lowest BCUT2D eigenvalue weighted by Crippen LogP contribution is -2.44. The van der Waals surface area contributed by atoms with E-state index in [9.17, 15) is 9.59 Å². The molecule has 28 heavy (non-hydrogen) atoms. The van der Waals surface area contributed by atoms with Gasteiger partial charge in [0.15, 0.2) is 0 Å². The zero-order chi connectivity index (χ0) is 19.9. The molecule has 1 aliphatic heterocycles. The molecule has 3 rings (SSSR count). The SMILES string of the molecule is COc1ccc(-c2noc(CCC(=O)N3CCCCC3CCC(=O)O)n2)cc1. The van der Waals surface area contributed by atoms with E-state index in [1.54, 1.807) is 7.11 Å². The number of aromatic nitrogens is 2. The molecule has 1 aromatic carbocycles. The van der Waals surface area contributed by atoms with Crippen molar-refractivity contribution in [1.82, 2.24) is 15.0 Å². The van der Waals surface area contributed by atoms with Gasteiger partial charge in [0.05, 0.1) is 7.11 Å². The van der Waals surface area contributed by atoms with Crippen LogP contribution in [0.3, 0.4) is 0 Å². The monoisotopic (exact) mass is 387 g/mol. The van der Waals surface area contributed by atoms with Gasteiger partial charge in [-0.25, -0.2) is 0 Å². The number of nitrogens with zero attached hydrogens (tertiary/aromatic N) is 3. The summed E-state index contributed by atoms with van der Waals surface area (Å²) in [6.07, 6.45) is 4.08. The molecule has 1 atom stereocenters. The summed E-state index contributed by atoms with van der Waals surface area (Å²) in [6, 6.07) is 7.35. The maximum Gasteiger partial charge on any atom is 0.303 e. The summed E-state index contributed by atoms with van der Waals surface area (Å²) >= 11 is 0. The van der Waals surface area contributed by atoms with Crippen LogP contribution >= 0.6 is 0 Å². The lowest BCUT2D eigenvalue weighted by molar-refractivity contribution is -0.140. The molecule has 1 aromatic heterocycles. The molecule has 0 radical (unpaired) electrons. The Morgan fingerprint density at radius 3 is 2.75 bits per heavy atom. The highest BCUT2D eigenvalue weighted by Gasteiger charge is 2.27. The number of aliphatic carboxylic acids is 1. The maximum atomic E-state index is 12.6. The van der Waals surface area contributed by atoms with Crippen molar-refractivity contribution in [3.05, 3.63) is 30.2 Å². The second-order valence-electron chi connectivity index (χ2n) is 6.91. The van der Waals surface area contributed by atoms with Crippen LogP contribution in [0.15, 0.2) is 28.8 Å². The lowest BCUT2D eigenvalue weighted by Gasteiger charge is -2.35. The Morgan fingerprint density at radius 2 is 2.04 bits per heavy atom. The average molecular weight is 387 g/mol. The van der Waals surface area contributed by atoms with Crippen LogP contribution in [-0.4, -0.2) is 51.7 Å². The Hall–Kier alpha value is -2.90. The van der Waals surface area contributed by atoms with Gasteiger partial charge in [-0.2, -0.15) is 4.98 Å². The van der Waals surface area contributed by atoms with Gasteiger partial charge in [0, 0.05) is 37.4 Å². The number of amides is 1. The van der Waals surface area contributed by atoms with E-state index in [4.69, 9.17) is 14.4 Å². The largest absolute Gasteiger partial charge is 0.497 e. The third-order valence-corrected chi connectivity index (χ3v) is 5.01. The smallest absolute Gasteiger partial charge is 0.303 e. The van der Waals surface area contributed by atoms with Crippen molar-refractivity contribution in [2.45, 2.75) is 51.0 Å². The van der Waals surface area contributed by atoms with Gasteiger partial charge < -0.3 is 19.3 Å². The molecule has 0 spiro atoms. The first kappa shape index (κ1) is 19.9. The zero-order valence-corrected chi connectivity index (χ0v) is 16.0. The Morgan fingerprint density at radius 1 is 1.25 bits per heavy atom. The number of hydrogen-bond acceptors (Lipinski definition) is 6. The molecular formula is C20H25N3O5. The molecule has 1 aliphatic rings.